The molecule has 80 valence electrons. The van der Waals surface area contributed by atoms with Crippen LogP contribution in [-0.2, 0) is 11.3 Å². The molecule has 0 aromatic carbocycles. The Kier molecular flexibility index (Phi) is 2.97. The molecule has 1 saturated heterocycles. The lowest BCUT2D eigenvalue weighted by atomic mass is 10.2. The predicted molar refractivity (Wildman–Crippen MR) is 55.3 cm³/mol. The summed E-state index contributed by atoms with van der Waals surface area (Å²) >= 11 is 0. The van der Waals surface area contributed by atoms with E-state index >= 15 is 0 Å². The van der Waals surface area contributed by atoms with Gasteiger partial charge in [0.15, 0.2) is 0 Å². The van der Waals surface area contributed by atoms with Crippen LogP contribution in [0, 0.1) is 0 Å². The second-order valence-corrected chi connectivity index (χ2v) is 3.79. The molecule has 0 spiro atoms. The van der Waals surface area contributed by atoms with Crippen molar-refractivity contribution in [1.29, 1.82) is 0 Å². The highest BCUT2D eigenvalue weighted by molar-refractivity contribution is 5.73. The van der Waals surface area contributed by atoms with Crippen LogP contribution in [0.3, 0.4) is 0 Å². The maximum atomic E-state index is 10.9. The van der Waals surface area contributed by atoms with Crippen LogP contribution in [0.5, 0.6) is 0 Å². The molecule has 0 amide bonds. The average molecular weight is 206 g/mol. The first-order valence-corrected chi connectivity index (χ1v) is 5.14. The molecular formula is C11H14N2O2. The number of rotatable bonds is 3. The van der Waals surface area contributed by atoms with E-state index < -0.39 is 5.97 Å². The molecule has 1 aliphatic rings. The molecule has 1 N–H and O–H groups in total. The first-order chi connectivity index (χ1) is 7.27. The molecule has 2 heterocycles. The van der Waals surface area contributed by atoms with Gasteiger partial charge in [0.1, 0.15) is 6.04 Å². The minimum atomic E-state index is -0.719. The molecular weight excluding hydrogens is 192 g/mol. The Morgan fingerprint density at radius 2 is 2.47 bits per heavy atom. The van der Waals surface area contributed by atoms with Gasteiger partial charge in [0.25, 0.3) is 0 Å². The van der Waals surface area contributed by atoms with Crippen LogP contribution in [0.15, 0.2) is 24.4 Å². The van der Waals surface area contributed by atoms with Gasteiger partial charge in [0.2, 0.25) is 0 Å². The molecule has 0 aliphatic carbocycles. The van der Waals surface area contributed by atoms with Gasteiger partial charge in [-0.2, -0.15) is 0 Å². The molecule has 0 saturated carbocycles. The van der Waals surface area contributed by atoms with Crippen molar-refractivity contribution in [1.82, 2.24) is 9.88 Å². The zero-order chi connectivity index (χ0) is 10.7. The monoisotopic (exact) mass is 206 g/mol. The molecule has 1 aliphatic heterocycles. The molecule has 1 atom stereocenters. The summed E-state index contributed by atoms with van der Waals surface area (Å²) in [4.78, 5) is 17.1. The van der Waals surface area contributed by atoms with Crippen molar-refractivity contribution in [2.24, 2.45) is 0 Å². The van der Waals surface area contributed by atoms with E-state index in [0.717, 1.165) is 25.1 Å². The van der Waals surface area contributed by atoms with E-state index in [-0.39, 0.29) is 6.04 Å². The number of carbonyl (C=O) groups is 1. The SMILES string of the molecule is O=C(O)[C@H]1CCCN1Cc1ccccn1. The van der Waals surface area contributed by atoms with E-state index in [2.05, 4.69) is 4.98 Å². The number of carboxylic acid groups (broad SMARTS) is 1. The molecule has 15 heavy (non-hydrogen) atoms. The lowest BCUT2D eigenvalue weighted by Gasteiger charge is -2.20. The van der Waals surface area contributed by atoms with Crippen LogP contribution in [0.25, 0.3) is 0 Å². The Labute approximate surface area is 88.6 Å². The standard InChI is InChI=1S/C11H14N2O2/c14-11(15)10-5-3-7-13(10)8-9-4-1-2-6-12-9/h1-2,4,6,10H,3,5,7-8H2,(H,14,15)/t10-/m1/s1. The lowest BCUT2D eigenvalue weighted by molar-refractivity contribution is -0.142. The Hall–Kier alpha value is -1.42. The minimum absolute atomic E-state index is 0.327. The fourth-order valence-corrected chi connectivity index (χ4v) is 1.99. The maximum absolute atomic E-state index is 10.9. The normalized spacial score (nSPS) is 21.7. The summed E-state index contributed by atoms with van der Waals surface area (Å²) in [7, 11) is 0. The highest BCUT2D eigenvalue weighted by Gasteiger charge is 2.30. The van der Waals surface area contributed by atoms with E-state index in [1.54, 1.807) is 6.20 Å². The number of nitrogens with zero attached hydrogens (tertiary/aromatic N) is 2. The molecule has 1 aromatic heterocycles. The Bertz CT molecular complexity index is 340. The highest BCUT2D eigenvalue weighted by atomic mass is 16.4. The number of carboxylic acids is 1. The molecule has 4 nitrogen and oxygen atoms in total. The molecule has 0 bridgehead atoms. The summed E-state index contributed by atoms with van der Waals surface area (Å²) in [6.45, 7) is 1.49. The number of likely N-dealkylation sites (tertiary alicyclic amines) is 1. The van der Waals surface area contributed by atoms with Gasteiger partial charge in [-0.05, 0) is 31.5 Å². The Morgan fingerprint density at radius 1 is 1.60 bits per heavy atom. The Morgan fingerprint density at radius 3 is 3.13 bits per heavy atom. The van der Waals surface area contributed by atoms with E-state index in [4.69, 9.17) is 5.11 Å². The summed E-state index contributed by atoms with van der Waals surface area (Å²) in [5.74, 6) is -0.719. The van der Waals surface area contributed by atoms with Crippen LogP contribution >= 0.6 is 0 Å². The average Bonchev–Trinajstić information content (AvgIpc) is 2.67. The molecule has 0 radical (unpaired) electrons. The topological polar surface area (TPSA) is 53.4 Å². The smallest absolute Gasteiger partial charge is 0.320 e. The second-order valence-electron chi connectivity index (χ2n) is 3.79. The predicted octanol–water partition coefficient (Wildman–Crippen LogP) is 1.13. The Balaban J connectivity index is 2.03. The number of aliphatic carboxylic acids is 1. The zero-order valence-electron chi connectivity index (χ0n) is 8.47. The molecule has 4 heteroatoms. The van der Waals surface area contributed by atoms with Crippen molar-refractivity contribution in [2.75, 3.05) is 6.54 Å². The van der Waals surface area contributed by atoms with Gasteiger partial charge in [0.05, 0.1) is 5.69 Å². The third-order valence-corrected chi connectivity index (χ3v) is 2.74. The summed E-state index contributed by atoms with van der Waals surface area (Å²) in [6, 6.07) is 5.39. The number of hydrogen-bond donors (Lipinski definition) is 1. The minimum Gasteiger partial charge on any atom is -0.480 e. The maximum Gasteiger partial charge on any atom is 0.320 e. The van der Waals surface area contributed by atoms with Gasteiger partial charge < -0.3 is 5.11 Å². The highest BCUT2D eigenvalue weighted by Crippen LogP contribution is 2.19. The number of hydrogen-bond acceptors (Lipinski definition) is 3. The van der Waals surface area contributed by atoms with Crippen LogP contribution in [0.1, 0.15) is 18.5 Å². The number of aromatic nitrogens is 1. The van der Waals surface area contributed by atoms with E-state index in [9.17, 15) is 4.79 Å². The van der Waals surface area contributed by atoms with E-state index in [1.165, 1.54) is 0 Å². The third kappa shape index (κ3) is 2.33. The summed E-state index contributed by atoms with van der Waals surface area (Å²) in [5, 5.41) is 9.00. The van der Waals surface area contributed by atoms with E-state index in [0.29, 0.717) is 6.54 Å². The summed E-state index contributed by atoms with van der Waals surface area (Å²) in [6.07, 6.45) is 3.45. The quantitative estimate of drug-likeness (QED) is 0.805. The van der Waals surface area contributed by atoms with Crippen molar-refractivity contribution < 1.29 is 9.90 Å². The van der Waals surface area contributed by atoms with Gasteiger partial charge in [0, 0.05) is 12.7 Å². The summed E-state index contributed by atoms with van der Waals surface area (Å²) < 4.78 is 0. The molecule has 1 fully saturated rings. The van der Waals surface area contributed by atoms with Crippen molar-refractivity contribution in [3.63, 3.8) is 0 Å². The van der Waals surface area contributed by atoms with Crippen LogP contribution < -0.4 is 0 Å². The van der Waals surface area contributed by atoms with Crippen molar-refractivity contribution in [2.45, 2.75) is 25.4 Å². The lowest BCUT2D eigenvalue weighted by Crippen LogP contribution is -2.35. The van der Waals surface area contributed by atoms with Gasteiger partial charge in [-0.1, -0.05) is 6.07 Å². The van der Waals surface area contributed by atoms with E-state index in [1.807, 2.05) is 23.1 Å². The van der Waals surface area contributed by atoms with Crippen LogP contribution in [-0.4, -0.2) is 33.5 Å². The van der Waals surface area contributed by atoms with Gasteiger partial charge >= 0.3 is 5.97 Å². The second kappa shape index (κ2) is 4.40. The van der Waals surface area contributed by atoms with Gasteiger partial charge in [-0.25, -0.2) is 0 Å². The first-order valence-electron chi connectivity index (χ1n) is 5.14. The van der Waals surface area contributed by atoms with Gasteiger partial charge in [-0.3, -0.25) is 14.7 Å². The fraction of sp³-hybridized carbons (Fsp3) is 0.455. The van der Waals surface area contributed by atoms with Crippen LogP contribution in [0.2, 0.25) is 0 Å². The van der Waals surface area contributed by atoms with Gasteiger partial charge in [-0.15, -0.1) is 0 Å². The zero-order valence-corrected chi connectivity index (χ0v) is 8.47. The first kappa shape index (κ1) is 10.1. The molecule has 2 rings (SSSR count). The molecule has 1 aromatic rings. The summed E-state index contributed by atoms with van der Waals surface area (Å²) in [5.41, 5.74) is 0.936. The van der Waals surface area contributed by atoms with Crippen molar-refractivity contribution in [3.8, 4) is 0 Å². The third-order valence-electron chi connectivity index (χ3n) is 2.74. The van der Waals surface area contributed by atoms with Crippen LogP contribution in [0.4, 0.5) is 0 Å². The largest absolute Gasteiger partial charge is 0.480 e. The number of pyridine rings is 1. The van der Waals surface area contributed by atoms with Crippen molar-refractivity contribution in [3.05, 3.63) is 30.1 Å². The fourth-order valence-electron chi connectivity index (χ4n) is 1.99. The van der Waals surface area contributed by atoms with Crippen molar-refractivity contribution >= 4 is 5.97 Å². The molecule has 0 unspecified atom stereocenters.